The molecule has 2 aromatic rings. The Bertz CT molecular complexity index is 1200. The van der Waals surface area contributed by atoms with Crippen LogP contribution >= 0.6 is 0 Å². The van der Waals surface area contributed by atoms with E-state index >= 15 is 0 Å². The van der Waals surface area contributed by atoms with Crippen LogP contribution in [0.1, 0.15) is 29.2 Å². The number of benzene rings is 2. The highest BCUT2D eigenvalue weighted by Gasteiger charge is 2.46. The molecule has 0 aliphatic carbocycles. The lowest BCUT2D eigenvalue weighted by Crippen LogP contribution is -2.56. The number of carbonyl (C=O) groups excluding carboxylic acids is 3. The molecular formula is C24H22FN5O3. The van der Waals surface area contributed by atoms with E-state index in [1.54, 1.807) is 60.5 Å². The zero-order valence-electron chi connectivity index (χ0n) is 18.0. The fourth-order valence-electron chi connectivity index (χ4n) is 4.31. The fraction of sp³-hybridized carbons (Fsp3) is 0.250. The Balaban J connectivity index is 1.96. The van der Waals surface area contributed by atoms with Crippen LogP contribution in [0.3, 0.4) is 0 Å². The molecule has 33 heavy (non-hydrogen) atoms. The number of halogens is 1. The topological polar surface area (TPSA) is 111 Å². The number of rotatable bonds is 5. The number of alkyl halides is 1. The van der Waals surface area contributed by atoms with Crippen molar-refractivity contribution in [2.75, 3.05) is 25.0 Å². The molecule has 2 aliphatic heterocycles. The first-order valence-electron chi connectivity index (χ1n) is 10.4. The second kappa shape index (κ2) is 8.74. The average Bonchev–Trinajstić information content (AvgIpc) is 2.82. The summed E-state index contributed by atoms with van der Waals surface area (Å²) >= 11 is 0. The number of hydrogen-bond acceptors (Lipinski definition) is 4. The van der Waals surface area contributed by atoms with Gasteiger partial charge in [-0.1, -0.05) is 24.3 Å². The van der Waals surface area contributed by atoms with Gasteiger partial charge in [0.1, 0.15) is 13.2 Å². The zero-order chi connectivity index (χ0) is 23.7. The molecule has 2 aromatic carbocycles. The van der Waals surface area contributed by atoms with Crippen LogP contribution in [0.25, 0.3) is 0 Å². The zero-order valence-corrected chi connectivity index (χ0v) is 18.0. The van der Waals surface area contributed by atoms with Gasteiger partial charge in [-0.3, -0.25) is 14.5 Å². The van der Waals surface area contributed by atoms with Crippen LogP contribution in [0.2, 0.25) is 0 Å². The minimum Gasteiger partial charge on any atom is -0.368 e. The summed E-state index contributed by atoms with van der Waals surface area (Å²) in [5, 5.41) is 9.14. The van der Waals surface area contributed by atoms with Crippen LogP contribution < -0.4 is 10.6 Å². The molecular weight excluding hydrogens is 425 g/mol. The Labute approximate surface area is 190 Å². The molecule has 168 valence electrons. The highest BCUT2D eigenvalue weighted by Crippen LogP contribution is 2.42. The van der Waals surface area contributed by atoms with E-state index in [0.29, 0.717) is 46.6 Å². The Hall–Kier alpha value is -4.19. The SMILES string of the molecule is CN1CCC2=C(C1=O)C(c1ccc(C#N)cc1)N(CC(N)=O)C(=O)N2c1cccc(CF)c1. The van der Waals surface area contributed by atoms with Crippen LogP contribution in [-0.4, -0.2) is 47.8 Å². The molecule has 2 aliphatic rings. The molecule has 2 N–H and O–H groups in total. The van der Waals surface area contributed by atoms with Gasteiger partial charge in [0.25, 0.3) is 5.91 Å². The monoisotopic (exact) mass is 447 g/mol. The molecule has 4 amide bonds. The smallest absolute Gasteiger partial charge is 0.330 e. The molecule has 1 atom stereocenters. The lowest BCUT2D eigenvalue weighted by atomic mass is 9.88. The normalized spacial score (nSPS) is 18.3. The van der Waals surface area contributed by atoms with E-state index in [9.17, 15) is 18.8 Å². The molecule has 0 fully saturated rings. The number of primary amides is 1. The summed E-state index contributed by atoms with van der Waals surface area (Å²) in [6.07, 6.45) is 0.403. The summed E-state index contributed by atoms with van der Waals surface area (Å²) in [5.41, 5.74) is 8.13. The van der Waals surface area contributed by atoms with Gasteiger partial charge in [-0.15, -0.1) is 0 Å². The van der Waals surface area contributed by atoms with Gasteiger partial charge < -0.3 is 15.5 Å². The maximum Gasteiger partial charge on any atom is 0.330 e. The fourth-order valence-corrected chi connectivity index (χ4v) is 4.31. The number of urea groups is 1. The van der Waals surface area contributed by atoms with Crippen LogP contribution in [0.15, 0.2) is 59.8 Å². The molecule has 2 heterocycles. The minimum atomic E-state index is -0.858. The van der Waals surface area contributed by atoms with Crippen molar-refractivity contribution >= 4 is 23.5 Å². The molecule has 0 aromatic heterocycles. The first kappa shape index (κ1) is 22.0. The summed E-state index contributed by atoms with van der Waals surface area (Å²) in [5.74, 6) is -1.01. The van der Waals surface area contributed by atoms with Gasteiger partial charge in [-0.2, -0.15) is 5.26 Å². The van der Waals surface area contributed by atoms with Crippen LogP contribution in [0.5, 0.6) is 0 Å². The third-order valence-corrected chi connectivity index (χ3v) is 5.87. The Morgan fingerprint density at radius 3 is 2.58 bits per heavy atom. The van der Waals surface area contributed by atoms with Crippen molar-refractivity contribution < 1.29 is 18.8 Å². The second-order valence-corrected chi connectivity index (χ2v) is 7.99. The molecule has 8 nitrogen and oxygen atoms in total. The van der Waals surface area contributed by atoms with E-state index < -0.39 is 31.2 Å². The number of hydrogen-bond donors (Lipinski definition) is 1. The molecule has 0 saturated carbocycles. The maximum absolute atomic E-state index is 13.7. The van der Waals surface area contributed by atoms with Crippen molar-refractivity contribution in [1.29, 1.82) is 5.26 Å². The van der Waals surface area contributed by atoms with E-state index in [4.69, 9.17) is 11.0 Å². The van der Waals surface area contributed by atoms with Gasteiger partial charge in [0.15, 0.2) is 0 Å². The summed E-state index contributed by atoms with van der Waals surface area (Å²) in [6, 6.07) is 13.6. The average molecular weight is 447 g/mol. The van der Waals surface area contributed by atoms with Crippen molar-refractivity contribution in [3.63, 3.8) is 0 Å². The predicted octanol–water partition coefficient (Wildman–Crippen LogP) is 2.61. The summed E-state index contributed by atoms with van der Waals surface area (Å²) in [4.78, 5) is 43.3. The summed E-state index contributed by atoms with van der Waals surface area (Å²) in [6.45, 7) is -0.723. The van der Waals surface area contributed by atoms with Crippen molar-refractivity contribution in [2.45, 2.75) is 19.1 Å². The van der Waals surface area contributed by atoms with E-state index in [-0.39, 0.29) is 5.91 Å². The Morgan fingerprint density at radius 2 is 1.94 bits per heavy atom. The summed E-state index contributed by atoms with van der Waals surface area (Å²) in [7, 11) is 1.67. The third kappa shape index (κ3) is 3.91. The number of nitriles is 1. The van der Waals surface area contributed by atoms with Gasteiger partial charge in [-0.05, 0) is 35.4 Å². The molecule has 0 saturated heterocycles. The van der Waals surface area contributed by atoms with Crippen molar-refractivity contribution in [1.82, 2.24) is 9.80 Å². The largest absolute Gasteiger partial charge is 0.368 e. The predicted molar refractivity (Wildman–Crippen MR) is 118 cm³/mol. The quantitative estimate of drug-likeness (QED) is 0.759. The van der Waals surface area contributed by atoms with Crippen LogP contribution in [0.4, 0.5) is 14.9 Å². The standard InChI is InChI=1S/C24H22FN5O3/c1-28-10-9-19-21(23(28)32)22(17-7-5-15(13-26)6-8-17)29(14-20(27)31)24(33)30(19)18-4-2-3-16(11-18)12-25/h2-8,11,22H,9-10,12,14H2,1H3,(H2,27,31). The van der Waals surface area contributed by atoms with E-state index in [2.05, 4.69) is 0 Å². The van der Waals surface area contributed by atoms with Gasteiger partial charge in [0.2, 0.25) is 5.91 Å². The molecule has 0 radical (unpaired) electrons. The lowest BCUT2D eigenvalue weighted by molar-refractivity contribution is -0.128. The van der Waals surface area contributed by atoms with E-state index in [1.807, 2.05) is 6.07 Å². The number of carbonyl (C=O) groups is 3. The van der Waals surface area contributed by atoms with Gasteiger partial charge >= 0.3 is 6.03 Å². The van der Waals surface area contributed by atoms with Gasteiger partial charge in [0.05, 0.1) is 28.9 Å². The molecule has 4 rings (SSSR count). The van der Waals surface area contributed by atoms with Crippen molar-refractivity contribution in [3.05, 3.63) is 76.5 Å². The number of nitrogens with two attached hydrogens (primary N) is 1. The van der Waals surface area contributed by atoms with Gasteiger partial charge in [-0.25, -0.2) is 9.18 Å². The highest BCUT2D eigenvalue weighted by molar-refractivity contribution is 6.06. The van der Waals surface area contributed by atoms with Gasteiger partial charge in [0, 0.05) is 25.7 Å². The van der Waals surface area contributed by atoms with E-state index in [0.717, 1.165) is 0 Å². The number of anilines is 1. The number of nitrogens with zero attached hydrogens (tertiary/aromatic N) is 4. The van der Waals surface area contributed by atoms with E-state index in [1.165, 1.54) is 9.80 Å². The third-order valence-electron chi connectivity index (χ3n) is 5.87. The Morgan fingerprint density at radius 1 is 1.21 bits per heavy atom. The molecule has 0 spiro atoms. The first-order valence-corrected chi connectivity index (χ1v) is 10.4. The molecule has 0 bridgehead atoms. The first-order chi connectivity index (χ1) is 15.8. The van der Waals surface area contributed by atoms with Crippen molar-refractivity contribution in [2.24, 2.45) is 5.73 Å². The summed E-state index contributed by atoms with van der Waals surface area (Å²) < 4.78 is 13.3. The maximum atomic E-state index is 13.7. The Kier molecular flexibility index (Phi) is 5.84. The lowest BCUT2D eigenvalue weighted by Gasteiger charge is -2.46. The van der Waals surface area contributed by atoms with Crippen LogP contribution in [-0.2, 0) is 16.3 Å². The van der Waals surface area contributed by atoms with Crippen LogP contribution in [0, 0.1) is 11.3 Å². The van der Waals surface area contributed by atoms with Crippen molar-refractivity contribution in [3.8, 4) is 6.07 Å². The molecule has 9 heteroatoms. The minimum absolute atomic E-state index is 0.278. The number of likely N-dealkylation sites (N-methyl/N-ethyl adjacent to an activating group) is 1. The second-order valence-electron chi connectivity index (χ2n) is 7.99. The highest BCUT2D eigenvalue weighted by atomic mass is 19.1. The molecule has 1 unspecified atom stereocenters. The number of amides is 4.